The Morgan fingerprint density at radius 3 is 2.60 bits per heavy atom. The fourth-order valence-corrected chi connectivity index (χ4v) is 5.34. The lowest BCUT2D eigenvalue weighted by atomic mass is 10.0. The van der Waals surface area contributed by atoms with E-state index in [-0.39, 0.29) is 0 Å². The van der Waals surface area contributed by atoms with Gasteiger partial charge in [0, 0.05) is 19.1 Å². The quantitative estimate of drug-likeness (QED) is 0.786. The van der Waals surface area contributed by atoms with E-state index in [9.17, 15) is 8.42 Å². The second-order valence-corrected chi connectivity index (χ2v) is 8.03. The van der Waals surface area contributed by atoms with E-state index in [1.165, 1.54) is 0 Å². The summed E-state index contributed by atoms with van der Waals surface area (Å²) < 4.78 is 26.8. The van der Waals surface area contributed by atoms with E-state index in [1.54, 1.807) is 4.31 Å². The summed E-state index contributed by atoms with van der Waals surface area (Å²) in [4.78, 5) is 2.37. The molecular formula is C14H29N3O2S. The molecule has 2 unspecified atom stereocenters. The number of nitrogens with zero attached hydrogens (tertiary/aromatic N) is 2. The van der Waals surface area contributed by atoms with Gasteiger partial charge in [-0.2, -0.15) is 0 Å². The summed E-state index contributed by atoms with van der Waals surface area (Å²) in [5.41, 5.74) is 0. The van der Waals surface area contributed by atoms with Gasteiger partial charge in [0.05, 0.1) is 5.75 Å². The van der Waals surface area contributed by atoms with Crippen LogP contribution in [0.2, 0.25) is 0 Å². The van der Waals surface area contributed by atoms with Crippen molar-refractivity contribution in [1.82, 2.24) is 14.5 Å². The molecule has 2 aliphatic rings. The van der Waals surface area contributed by atoms with Crippen molar-refractivity contribution in [2.45, 2.75) is 39.2 Å². The van der Waals surface area contributed by atoms with Gasteiger partial charge in [0.2, 0.25) is 10.0 Å². The van der Waals surface area contributed by atoms with Gasteiger partial charge in [-0.1, -0.05) is 13.8 Å². The zero-order valence-electron chi connectivity index (χ0n) is 12.8. The van der Waals surface area contributed by atoms with E-state index >= 15 is 0 Å². The van der Waals surface area contributed by atoms with Crippen LogP contribution in [0.1, 0.15) is 33.1 Å². The molecule has 0 aromatic heterocycles. The molecule has 2 atom stereocenters. The number of likely N-dealkylation sites (N-methyl/N-ethyl adjacent to an activating group) is 1. The molecule has 0 saturated carbocycles. The van der Waals surface area contributed by atoms with Crippen molar-refractivity contribution in [2.75, 3.05) is 45.0 Å². The number of nitrogens with one attached hydrogen (secondary N) is 1. The van der Waals surface area contributed by atoms with Gasteiger partial charge in [0.1, 0.15) is 0 Å². The Hall–Kier alpha value is -0.170. The van der Waals surface area contributed by atoms with Gasteiger partial charge >= 0.3 is 0 Å². The van der Waals surface area contributed by atoms with Crippen LogP contribution in [0, 0.1) is 5.92 Å². The number of hydrogen-bond donors (Lipinski definition) is 1. The molecule has 0 amide bonds. The monoisotopic (exact) mass is 303 g/mol. The van der Waals surface area contributed by atoms with E-state index < -0.39 is 10.0 Å². The van der Waals surface area contributed by atoms with E-state index in [2.05, 4.69) is 24.1 Å². The summed E-state index contributed by atoms with van der Waals surface area (Å²) in [5.74, 6) is 0.617. The average Bonchev–Trinajstić information content (AvgIpc) is 2.91. The highest BCUT2D eigenvalue weighted by molar-refractivity contribution is 7.89. The standard InChI is InChI=1S/C14H29N3O2S/c1-3-16(4-2)14-7-9-17(11-14)20(18,19)12-13-6-5-8-15-10-13/h13-15H,3-12H2,1-2H3. The van der Waals surface area contributed by atoms with Gasteiger partial charge in [0.15, 0.2) is 0 Å². The second kappa shape index (κ2) is 7.20. The molecule has 0 bridgehead atoms. The van der Waals surface area contributed by atoms with Crippen LogP contribution in [0.5, 0.6) is 0 Å². The molecule has 20 heavy (non-hydrogen) atoms. The Labute approximate surface area is 123 Å². The topological polar surface area (TPSA) is 52.7 Å². The van der Waals surface area contributed by atoms with Crippen LogP contribution in [0.3, 0.4) is 0 Å². The highest BCUT2D eigenvalue weighted by Gasteiger charge is 2.34. The summed E-state index contributed by atoms with van der Waals surface area (Å²) in [5, 5.41) is 3.30. The van der Waals surface area contributed by atoms with Crippen molar-refractivity contribution in [3.63, 3.8) is 0 Å². The third-order valence-corrected chi connectivity index (χ3v) is 6.70. The molecule has 2 heterocycles. The highest BCUT2D eigenvalue weighted by atomic mass is 32.2. The molecule has 2 saturated heterocycles. The number of piperidine rings is 1. The van der Waals surface area contributed by atoms with Crippen molar-refractivity contribution < 1.29 is 8.42 Å². The molecule has 2 rings (SSSR count). The van der Waals surface area contributed by atoms with E-state index in [0.717, 1.165) is 45.4 Å². The molecule has 1 N–H and O–H groups in total. The second-order valence-electron chi connectivity index (χ2n) is 6.01. The Balaban J connectivity index is 1.90. The van der Waals surface area contributed by atoms with E-state index in [4.69, 9.17) is 0 Å². The Morgan fingerprint density at radius 1 is 1.25 bits per heavy atom. The number of hydrogen-bond acceptors (Lipinski definition) is 4. The van der Waals surface area contributed by atoms with Gasteiger partial charge in [-0.3, -0.25) is 4.90 Å². The lowest BCUT2D eigenvalue weighted by Crippen LogP contribution is -2.41. The van der Waals surface area contributed by atoms with Crippen LogP contribution in [-0.2, 0) is 10.0 Å². The third-order valence-electron chi connectivity index (χ3n) is 4.69. The third kappa shape index (κ3) is 3.93. The molecule has 0 aromatic carbocycles. The van der Waals surface area contributed by atoms with Gasteiger partial charge in [-0.05, 0) is 51.4 Å². The minimum Gasteiger partial charge on any atom is -0.316 e. The van der Waals surface area contributed by atoms with Crippen LogP contribution in [-0.4, -0.2) is 68.7 Å². The zero-order chi connectivity index (χ0) is 14.6. The molecule has 6 heteroatoms. The Bertz CT molecular complexity index is 389. The average molecular weight is 303 g/mol. The molecule has 0 aromatic rings. The summed E-state index contributed by atoms with van der Waals surface area (Å²) in [6.45, 7) is 9.57. The van der Waals surface area contributed by atoms with E-state index in [1.807, 2.05) is 0 Å². The van der Waals surface area contributed by atoms with Crippen LogP contribution in [0.15, 0.2) is 0 Å². The highest BCUT2D eigenvalue weighted by Crippen LogP contribution is 2.21. The smallest absolute Gasteiger partial charge is 0.214 e. The van der Waals surface area contributed by atoms with Crippen LogP contribution >= 0.6 is 0 Å². The molecule has 5 nitrogen and oxygen atoms in total. The van der Waals surface area contributed by atoms with Gasteiger partial charge < -0.3 is 5.32 Å². The minimum atomic E-state index is -3.08. The van der Waals surface area contributed by atoms with Crippen molar-refractivity contribution in [3.05, 3.63) is 0 Å². The lowest BCUT2D eigenvalue weighted by Gasteiger charge is -2.27. The maximum atomic E-state index is 12.5. The largest absolute Gasteiger partial charge is 0.316 e. The van der Waals surface area contributed by atoms with Crippen molar-refractivity contribution in [1.29, 1.82) is 0 Å². The van der Waals surface area contributed by atoms with Crippen molar-refractivity contribution in [3.8, 4) is 0 Å². The fraction of sp³-hybridized carbons (Fsp3) is 1.00. The molecule has 118 valence electrons. The summed E-state index contributed by atoms with van der Waals surface area (Å²) >= 11 is 0. The molecule has 0 spiro atoms. The lowest BCUT2D eigenvalue weighted by molar-refractivity contribution is 0.224. The van der Waals surface area contributed by atoms with E-state index in [0.29, 0.717) is 30.8 Å². The Morgan fingerprint density at radius 2 is 2.00 bits per heavy atom. The summed E-state index contributed by atoms with van der Waals surface area (Å²) in [6.07, 6.45) is 3.12. The predicted octanol–water partition coefficient (Wildman–Crippen LogP) is 0.732. The Kier molecular flexibility index (Phi) is 5.84. The fourth-order valence-electron chi connectivity index (χ4n) is 3.47. The normalized spacial score (nSPS) is 29.1. The number of sulfonamides is 1. The first-order valence-electron chi connectivity index (χ1n) is 7.99. The molecule has 2 fully saturated rings. The van der Waals surface area contributed by atoms with Gasteiger partial charge in [-0.15, -0.1) is 0 Å². The van der Waals surface area contributed by atoms with Crippen LogP contribution in [0.25, 0.3) is 0 Å². The number of rotatable bonds is 6. The first kappa shape index (κ1) is 16.2. The predicted molar refractivity (Wildman–Crippen MR) is 82.3 cm³/mol. The van der Waals surface area contributed by atoms with Crippen molar-refractivity contribution >= 4 is 10.0 Å². The first-order valence-corrected chi connectivity index (χ1v) is 9.60. The molecule has 0 aliphatic carbocycles. The molecular weight excluding hydrogens is 274 g/mol. The minimum absolute atomic E-state index is 0.293. The van der Waals surface area contributed by atoms with Crippen LogP contribution in [0.4, 0.5) is 0 Å². The maximum absolute atomic E-state index is 12.5. The molecule has 2 aliphatic heterocycles. The summed E-state index contributed by atoms with van der Waals surface area (Å²) in [6, 6.07) is 0.407. The zero-order valence-corrected chi connectivity index (χ0v) is 13.7. The first-order chi connectivity index (χ1) is 9.56. The van der Waals surface area contributed by atoms with Gasteiger partial charge in [0.25, 0.3) is 0 Å². The maximum Gasteiger partial charge on any atom is 0.214 e. The summed E-state index contributed by atoms with van der Waals surface area (Å²) in [7, 11) is -3.08. The molecule has 0 radical (unpaired) electrons. The van der Waals surface area contributed by atoms with Crippen LogP contribution < -0.4 is 5.32 Å². The van der Waals surface area contributed by atoms with Gasteiger partial charge in [-0.25, -0.2) is 12.7 Å². The SMILES string of the molecule is CCN(CC)C1CCN(S(=O)(=O)CC2CCCNC2)C1. The van der Waals surface area contributed by atoms with Crippen molar-refractivity contribution in [2.24, 2.45) is 5.92 Å².